The quantitative estimate of drug-likeness (QED) is 0.788. The fourth-order valence-electron chi connectivity index (χ4n) is 2.07. The predicted molar refractivity (Wildman–Crippen MR) is 74.8 cm³/mol. The highest BCUT2D eigenvalue weighted by Gasteiger charge is 2.32. The van der Waals surface area contributed by atoms with Crippen molar-refractivity contribution in [2.75, 3.05) is 23.7 Å². The van der Waals surface area contributed by atoms with Crippen molar-refractivity contribution >= 4 is 28.3 Å². The molecule has 18 heavy (non-hydrogen) atoms. The zero-order valence-electron chi connectivity index (χ0n) is 10.7. The third kappa shape index (κ3) is 2.93. The molecule has 1 aromatic rings. The third-order valence-corrected chi connectivity index (χ3v) is 4.08. The Morgan fingerprint density at radius 1 is 1.56 bits per heavy atom. The molecule has 100 valence electrons. The SMILES string of the molecule is CCCCN(CC(N)=O)c1snc(N)c1C1CC1. The Balaban J connectivity index is 2.20. The third-order valence-electron chi connectivity index (χ3n) is 3.14. The molecule has 1 heterocycles. The number of nitrogens with two attached hydrogens (primary N) is 2. The van der Waals surface area contributed by atoms with Crippen LogP contribution < -0.4 is 16.4 Å². The average Bonchev–Trinajstić information content (AvgIpc) is 3.08. The molecule has 6 heteroatoms. The molecule has 0 spiro atoms. The van der Waals surface area contributed by atoms with E-state index in [0.29, 0.717) is 11.7 Å². The van der Waals surface area contributed by atoms with Gasteiger partial charge in [0.2, 0.25) is 5.91 Å². The van der Waals surface area contributed by atoms with Crippen LogP contribution in [0.5, 0.6) is 0 Å². The van der Waals surface area contributed by atoms with Gasteiger partial charge in [-0.15, -0.1) is 0 Å². The van der Waals surface area contributed by atoms with Gasteiger partial charge in [0, 0.05) is 12.1 Å². The molecule has 0 unspecified atom stereocenters. The highest BCUT2D eigenvalue weighted by Crippen LogP contribution is 2.48. The number of carbonyl (C=O) groups is 1. The number of amides is 1. The van der Waals surface area contributed by atoms with Crippen molar-refractivity contribution in [1.82, 2.24) is 4.37 Å². The highest BCUT2D eigenvalue weighted by molar-refractivity contribution is 7.10. The Labute approximate surface area is 111 Å². The van der Waals surface area contributed by atoms with Crippen LogP contribution in [0.15, 0.2) is 0 Å². The lowest BCUT2D eigenvalue weighted by Gasteiger charge is -2.22. The summed E-state index contributed by atoms with van der Waals surface area (Å²) in [7, 11) is 0. The largest absolute Gasteiger partial charge is 0.383 e. The van der Waals surface area contributed by atoms with Crippen LogP contribution in [0, 0.1) is 0 Å². The minimum absolute atomic E-state index is 0.251. The molecule has 0 aliphatic heterocycles. The molecule has 0 bridgehead atoms. The van der Waals surface area contributed by atoms with E-state index < -0.39 is 0 Å². The summed E-state index contributed by atoms with van der Waals surface area (Å²) >= 11 is 1.39. The van der Waals surface area contributed by atoms with E-state index in [4.69, 9.17) is 11.5 Å². The maximum absolute atomic E-state index is 11.2. The number of rotatable bonds is 7. The number of aromatic nitrogens is 1. The molecule has 5 nitrogen and oxygen atoms in total. The van der Waals surface area contributed by atoms with Crippen molar-refractivity contribution in [3.05, 3.63) is 5.56 Å². The van der Waals surface area contributed by atoms with E-state index in [9.17, 15) is 4.79 Å². The molecule has 1 fully saturated rings. The number of carbonyl (C=O) groups excluding carboxylic acids is 1. The van der Waals surface area contributed by atoms with Crippen LogP contribution in [0.1, 0.15) is 44.1 Å². The molecule has 0 aromatic carbocycles. The molecule has 2 rings (SSSR count). The van der Waals surface area contributed by atoms with Crippen LogP contribution in [-0.4, -0.2) is 23.4 Å². The van der Waals surface area contributed by atoms with Crippen LogP contribution >= 0.6 is 11.5 Å². The smallest absolute Gasteiger partial charge is 0.236 e. The molecular weight excluding hydrogens is 248 g/mol. The number of anilines is 2. The Morgan fingerprint density at radius 2 is 2.28 bits per heavy atom. The summed E-state index contributed by atoms with van der Waals surface area (Å²) in [6.45, 7) is 3.22. The Hall–Kier alpha value is -1.30. The van der Waals surface area contributed by atoms with Gasteiger partial charge in [0.15, 0.2) is 0 Å². The Kier molecular flexibility index (Phi) is 4.06. The van der Waals surface area contributed by atoms with Gasteiger partial charge >= 0.3 is 0 Å². The summed E-state index contributed by atoms with van der Waals surface area (Å²) in [5.74, 6) is 0.860. The predicted octanol–water partition coefficient (Wildman–Crippen LogP) is 1.69. The standard InChI is InChI=1S/C12H20N4OS/c1-2-3-6-16(7-9(13)17)12-10(8-4-5-8)11(14)15-18-12/h8H,2-7H2,1H3,(H2,13,17)(H2,14,15). The van der Waals surface area contributed by atoms with Gasteiger partial charge in [0.25, 0.3) is 0 Å². The minimum atomic E-state index is -0.306. The summed E-state index contributed by atoms with van der Waals surface area (Å²) in [5.41, 5.74) is 12.4. The topological polar surface area (TPSA) is 85.2 Å². The molecule has 1 amide bonds. The summed E-state index contributed by atoms with van der Waals surface area (Å²) in [5, 5.41) is 1.04. The van der Waals surface area contributed by atoms with Gasteiger partial charge in [-0.2, -0.15) is 4.37 Å². The van der Waals surface area contributed by atoms with Gasteiger partial charge in [-0.25, -0.2) is 0 Å². The maximum Gasteiger partial charge on any atom is 0.236 e. The molecule has 1 aromatic heterocycles. The number of hydrogen-bond acceptors (Lipinski definition) is 5. The monoisotopic (exact) mass is 268 g/mol. The van der Waals surface area contributed by atoms with Crippen molar-refractivity contribution in [3.63, 3.8) is 0 Å². The molecule has 0 radical (unpaired) electrons. The molecule has 1 aliphatic carbocycles. The number of nitrogens with zero attached hydrogens (tertiary/aromatic N) is 2. The zero-order valence-corrected chi connectivity index (χ0v) is 11.5. The Morgan fingerprint density at radius 3 is 2.83 bits per heavy atom. The van der Waals surface area contributed by atoms with Crippen LogP contribution in [0.25, 0.3) is 0 Å². The van der Waals surface area contributed by atoms with Crippen LogP contribution in [-0.2, 0) is 4.79 Å². The lowest BCUT2D eigenvalue weighted by molar-refractivity contribution is -0.116. The first-order valence-corrected chi connectivity index (χ1v) is 7.19. The number of primary amides is 1. The van der Waals surface area contributed by atoms with Gasteiger partial charge in [-0.1, -0.05) is 13.3 Å². The van der Waals surface area contributed by atoms with Gasteiger partial charge in [-0.05, 0) is 36.7 Å². The van der Waals surface area contributed by atoms with Crippen LogP contribution in [0.4, 0.5) is 10.8 Å². The second-order valence-corrected chi connectivity index (χ2v) is 5.55. The van der Waals surface area contributed by atoms with E-state index >= 15 is 0 Å². The number of nitrogen functional groups attached to an aromatic ring is 1. The molecule has 4 N–H and O–H groups in total. The molecular formula is C12H20N4OS. The lowest BCUT2D eigenvalue weighted by atomic mass is 10.2. The normalized spacial score (nSPS) is 14.7. The second kappa shape index (κ2) is 5.56. The van der Waals surface area contributed by atoms with Crippen LogP contribution in [0.2, 0.25) is 0 Å². The molecule has 0 saturated heterocycles. The maximum atomic E-state index is 11.2. The van der Waals surface area contributed by atoms with Crippen molar-refractivity contribution in [3.8, 4) is 0 Å². The highest BCUT2D eigenvalue weighted by atomic mass is 32.1. The first-order valence-electron chi connectivity index (χ1n) is 6.41. The van der Waals surface area contributed by atoms with Gasteiger partial charge in [0.1, 0.15) is 10.8 Å². The van der Waals surface area contributed by atoms with Gasteiger partial charge < -0.3 is 16.4 Å². The average molecular weight is 268 g/mol. The molecule has 1 aliphatic rings. The Bertz CT molecular complexity index is 428. The van der Waals surface area contributed by atoms with Crippen molar-refractivity contribution in [2.45, 2.75) is 38.5 Å². The minimum Gasteiger partial charge on any atom is -0.383 e. The number of unbranched alkanes of at least 4 members (excludes halogenated alkanes) is 1. The van der Waals surface area contributed by atoms with Crippen molar-refractivity contribution in [1.29, 1.82) is 0 Å². The fraction of sp³-hybridized carbons (Fsp3) is 0.667. The van der Waals surface area contributed by atoms with Crippen LogP contribution in [0.3, 0.4) is 0 Å². The first-order chi connectivity index (χ1) is 8.63. The van der Waals surface area contributed by atoms with Crippen molar-refractivity contribution < 1.29 is 4.79 Å². The second-order valence-electron chi connectivity index (χ2n) is 4.80. The van der Waals surface area contributed by atoms with E-state index in [1.165, 1.54) is 24.4 Å². The number of hydrogen-bond donors (Lipinski definition) is 2. The summed E-state index contributed by atoms with van der Waals surface area (Å²) in [4.78, 5) is 13.2. The van der Waals surface area contributed by atoms with Crippen molar-refractivity contribution in [2.24, 2.45) is 5.73 Å². The molecule has 0 atom stereocenters. The lowest BCUT2D eigenvalue weighted by Crippen LogP contribution is -2.34. The van der Waals surface area contributed by atoms with E-state index in [0.717, 1.165) is 30.0 Å². The van der Waals surface area contributed by atoms with Gasteiger partial charge in [-0.3, -0.25) is 4.79 Å². The van der Waals surface area contributed by atoms with E-state index in [2.05, 4.69) is 11.3 Å². The first kappa shape index (κ1) is 13.1. The summed E-state index contributed by atoms with van der Waals surface area (Å²) in [6.07, 6.45) is 4.47. The fourth-order valence-corrected chi connectivity index (χ4v) is 3.00. The summed E-state index contributed by atoms with van der Waals surface area (Å²) < 4.78 is 4.24. The molecule has 1 saturated carbocycles. The summed E-state index contributed by atoms with van der Waals surface area (Å²) in [6, 6.07) is 0. The van der Waals surface area contributed by atoms with Gasteiger partial charge in [0.05, 0.1) is 6.54 Å². The van der Waals surface area contributed by atoms with E-state index in [-0.39, 0.29) is 12.5 Å². The zero-order chi connectivity index (χ0) is 13.1. The van der Waals surface area contributed by atoms with E-state index in [1.807, 2.05) is 4.90 Å². The van der Waals surface area contributed by atoms with E-state index in [1.54, 1.807) is 0 Å².